The Kier molecular flexibility index (Phi) is 9.79. The largest absolute Gasteiger partial charge is 0.256 e. The summed E-state index contributed by atoms with van der Waals surface area (Å²) in [6.07, 6.45) is 1.83. The molecule has 0 aliphatic rings. The highest BCUT2D eigenvalue weighted by atomic mass is 15.0. The predicted molar refractivity (Wildman–Crippen MR) is 240 cm³/mol. The zero-order valence-electron chi connectivity index (χ0n) is 32.3. The lowest BCUT2D eigenvalue weighted by Gasteiger charge is -2.16. The topological polar surface area (TPSA) is 90.2 Å². The minimum Gasteiger partial charge on any atom is -0.256 e. The van der Waals surface area contributed by atoms with E-state index < -0.39 is 0 Å². The number of aromatic nitrogens is 7. The summed E-state index contributed by atoms with van der Waals surface area (Å²) in [6.45, 7) is 0. The molecular formula is C53H35N7. The SMILES string of the molecule is c1ccc(-c2nc(-c3ccccc3)nc(-c3ccccc3-c3cc(-c4ccccn4)cc(-c4ccccc4-c4nc(-c5ccccc5)nc(-c5ccccc5)n4)c3)n2)cc1. The van der Waals surface area contributed by atoms with Crippen molar-refractivity contribution in [3.63, 3.8) is 0 Å². The van der Waals surface area contributed by atoms with Crippen molar-refractivity contribution in [3.05, 3.63) is 212 Å². The maximum atomic E-state index is 5.11. The molecule has 7 nitrogen and oxygen atoms in total. The summed E-state index contributed by atoms with van der Waals surface area (Å²) in [6, 6.07) is 69.3. The van der Waals surface area contributed by atoms with Gasteiger partial charge in [0.1, 0.15) is 0 Å². The lowest BCUT2D eigenvalue weighted by Crippen LogP contribution is -2.01. The summed E-state index contributed by atoms with van der Waals surface area (Å²) < 4.78 is 0. The number of pyridine rings is 1. The lowest BCUT2D eigenvalue weighted by atomic mass is 9.90. The molecule has 0 unspecified atom stereocenters. The van der Waals surface area contributed by atoms with Gasteiger partial charge in [0.25, 0.3) is 0 Å². The van der Waals surface area contributed by atoms with Crippen LogP contribution in [-0.4, -0.2) is 34.9 Å². The summed E-state index contributed by atoms with van der Waals surface area (Å²) in [4.78, 5) is 35.1. The van der Waals surface area contributed by atoms with Crippen LogP contribution in [0.2, 0.25) is 0 Å². The van der Waals surface area contributed by atoms with Crippen molar-refractivity contribution in [2.75, 3.05) is 0 Å². The molecule has 10 aromatic rings. The maximum absolute atomic E-state index is 5.11. The van der Waals surface area contributed by atoms with E-state index >= 15 is 0 Å². The molecule has 0 saturated heterocycles. The summed E-state index contributed by atoms with van der Waals surface area (Å²) in [7, 11) is 0. The second-order valence-electron chi connectivity index (χ2n) is 14.2. The van der Waals surface area contributed by atoms with Gasteiger partial charge in [-0.3, -0.25) is 4.98 Å². The van der Waals surface area contributed by atoms with Gasteiger partial charge in [0.2, 0.25) is 0 Å². The summed E-state index contributed by atoms with van der Waals surface area (Å²) in [5, 5.41) is 0. The Bertz CT molecular complexity index is 2770. The molecule has 0 fully saturated rings. The minimum absolute atomic E-state index is 0.579. The van der Waals surface area contributed by atoms with Crippen LogP contribution in [-0.2, 0) is 0 Å². The average molecular weight is 770 g/mol. The quantitative estimate of drug-likeness (QED) is 0.144. The van der Waals surface area contributed by atoms with E-state index in [2.05, 4.69) is 54.6 Å². The molecular weight excluding hydrogens is 735 g/mol. The molecule has 0 radical (unpaired) electrons. The minimum atomic E-state index is 0.579. The standard InChI is InChI=1S/C53H35N7/c1-5-19-36(20-6-1)48-55-49(37-21-7-2-8-22-37)58-52(57-48)45-29-15-13-27-43(45)40-33-41(35-42(34-40)47-31-17-18-32-54-47)44-28-14-16-30-46(44)53-59-50(38-23-9-3-10-24-38)56-51(60-53)39-25-11-4-12-26-39/h1-35H. The zero-order chi connectivity index (χ0) is 40.1. The summed E-state index contributed by atoms with van der Waals surface area (Å²) >= 11 is 0. The van der Waals surface area contributed by atoms with Crippen LogP contribution < -0.4 is 0 Å². The van der Waals surface area contributed by atoms with Crippen molar-refractivity contribution in [1.82, 2.24) is 34.9 Å². The van der Waals surface area contributed by atoms with Gasteiger partial charge in [0.15, 0.2) is 34.9 Å². The molecule has 7 aromatic carbocycles. The van der Waals surface area contributed by atoms with Crippen LogP contribution in [0.25, 0.3) is 102 Å². The highest BCUT2D eigenvalue weighted by Crippen LogP contribution is 2.40. The normalized spacial score (nSPS) is 11.0. The third-order valence-electron chi connectivity index (χ3n) is 10.3. The van der Waals surface area contributed by atoms with Crippen LogP contribution >= 0.6 is 0 Å². The van der Waals surface area contributed by atoms with Gasteiger partial charge in [-0.05, 0) is 52.6 Å². The van der Waals surface area contributed by atoms with E-state index in [-0.39, 0.29) is 0 Å². The van der Waals surface area contributed by atoms with Crippen molar-refractivity contribution in [2.45, 2.75) is 0 Å². The van der Waals surface area contributed by atoms with E-state index in [0.29, 0.717) is 34.9 Å². The van der Waals surface area contributed by atoms with E-state index in [4.69, 9.17) is 34.9 Å². The van der Waals surface area contributed by atoms with Gasteiger partial charge in [-0.25, -0.2) is 29.9 Å². The van der Waals surface area contributed by atoms with Gasteiger partial charge in [0.05, 0.1) is 5.69 Å². The number of hydrogen-bond acceptors (Lipinski definition) is 7. The van der Waals surface area contributed by atoms with Gasteiger partial charge in [-0.2, -0.15) is 0 Å². The molecule has 3 heterocycles. The molecule has 282 valence electrons. The molecule has 0 saturated carbocycles. The molecule has 10 rings (SSSR count). The van der Waals surface area contributed by atoms with Crippen LogP contribution in [0, 0.1) is 0 Å². The first-order valence-electron chi connectivity index (χ1n) is 19.7. The Hall–Kier alpha value is -8.29. The predicted octanol–water partition coefficient (Wildman–Crippen LogP) is 12.5. The van der Waals surface area contributed by atoms with Crippen molar-refractivity contribution in [3.8, 4) is 102 Å². The first-order chi connectivity index (χ1) is 29.7. The van der Waals surface area contributed by atoms with E-state index in [0.717, 1.165) is 66.9 Å². The third kappa shape index (κ3) is 7.46. The van der Waals surface area contributed by atoms with Crippen molar-refractivity contribution >= 4 is 0 Å². The smallest absolute Gasteiger partial charge is 0.164 e. The third-order valence-corrected chi connectivity index (χ3v) is 10.3. The van der Waals surface area contributed by atoms with Crippen molar-refractivity contribution in [1.29, 1.82) is 0 Å². The fraction of sp³-hybridized carbons (Fsp3) is 0. The molecule has 3 aromatic heterocycles. The average Bonchev–Trinajstić information content (AvgIpc) is 3.35. The Morgan fingerprint density at radius 3 is 0.867 bits per heavy atom. The second kappa shape index (κ2) is 16.3. The van der Waals surface area contributed by atoms with Crippen LogP contribution in [0.1, 0.15) is 0 Å². The first kappa shape index (κ1) is 36.1. The van der Waals surface area contributed by atoms with E-state index in [1.165, 1.54) is 0 Å². The van der Waals surface area contributed by atoms with Gasteiger partial charge < -0.3 is 0 Å². The fourth-order valence-electron chi connectivity index (χ4n) is 7.34. The Morgan fingerprint density at radius 2 is 0.517 bits per heavy atom. The van der Waals surface area contributed by atoms with Crippen molar-refractivity contribution < 1.29 is 0 Å². The number of nitrogens with zero attached hydrogens (tertiary/aromatic N) is 7. The van der Waals surface area contributed by atoms with Crippen molar-refractivity contribution in [2.24, 2.45) is 0 Å². The molecule has 7 heteroatoms. The highest BCUT2D eigenvalue weighted by molar-refractivity contribution is 5.90. The molecule has 0 atom stereocenters. The molecule has 0 aliphatic heterocycles. The van der Waals surface area contributed by atoms with E-state index in [9.17, 15) is 0 Å². The van der Waals surface area contributed by atoms with Crippen LogP contribution in [0.4, 0.5) is 0 Å². The summed E-state index contributed by atoms with van der Waals surface area (Å²) in [5.74, 6) is 3.58. The molecule has 0 N–H and O–H groups in total. The molecule has 0 bridgehead atoms. The van der Waals surface area contributed by atoms with Crippen LogP contribution in [0.3, 0.4) is 0 Å². The molecule has 60 heavy (non-hydrogen) atoms. The Morgan fingerprint density at radius 1 is 0.217 bits per heavy atom. The van der Waals surface area contributed by atoms with Gasteiger partial charge in [-0.15, -0.1) is 0 Å². The molecule has 0 aliphatic carbocycles. The molecule has 0 spiro atoms. The van der Waals surface area contributed by atoms with Gasteiger partial charge in [-0.1, -0.05) is 176 Å². The van der Waals surface area contributed by atoms with Crippen LogP contribution in [0.5, 0.6) is 0 Å². The first-order valence-corrected chi connectivity index (χ1v) is 19.7. The lowest BCUT2D eigenvalue weighted by molar-refractivity contribution is 1.07. The second-order valence-corrected chi connectivity index (χ2v) is 14.2. The number of rotatable bonds is 9. The Balaban J connectivity index is 1.17. The van der Waals surface area contributed by atoms with Gasteiger partial charge in [0, 0.05) is 45.1 Å². The zero-order valence-corrected chi connectivity index (χ0v) is 32.3. The van der Waals surface area contributed by atoms with Crippen LogP contribution in [0.15, 0.2) is 212 Å². The monoisotopic (exact) mass is 769 g/mol. The van der Waals surface area contributed by atoms with E-state index in [1.54, 1.807) is 0 Å². The Labute approximate surface area is 347 Å². The summed E-state index contributed by atoms with van der Waals surface area (Å²) in [5.41, 5.74) is 11.1. The number of benzene rings is 7. The fourth-order valence-corrected chi connectivity index (χ4v) is 7.34. The maximum Gasteiger partial charge on any atom is 0.164 e. The molecule has 0 amide bonds. The number of hydrogen-bond donors (Lipinski definition) is 0. The van der Waals surface area contributed by atoms with Gasteiger partial charge >= 0.3 is 0 Å². The van der Waals surface area contributed by atoms with E-state index in [1.807, 2.05) is 158 Å². The highest BCUT2D eigenvalue weighted by Gasteiger charge is 2.20.